The van der Waals surface area contributed by atoms with Crippen molar-refractivity contribution in [1.29, 1.82) is 0 Å². The van der Waals surface area contributed by atoms with Gasteiger partial charge in [-0.25, -0.2) is 13.4 Å². The minimum Gasteiger partial charge on any atom is -0.489 e. The van der Waals surface area contributed by atoms with Crippen molar-refractivity contribution in [3.63, 3.8) is 0 Å². The molecule has 0 saturated carbocycles. The molecule has 4 aromatic rings. The largest absolute Gasteiger partial charge is 0.489 e. The van der Waals surface area contributed by atoms with E-state index in [4.69, 9.17) is 16.3 Å². The molecule has 11 heteroatoms. The molecule has 0 fully saturated rings. The maximum Gasteiger partial charge on any atom is 0.229 e. The molecule has 9 nitrogen and oxygen atoms in total. The summed E-state index contributed by atoms with van der Waals surface area (Å²) in [5, 5.41) is 13.1. The van der Waals surface area contributed by atoms with Crippen LogP contribution >= 0.6 is 11.6 Å². The molecule has 0 aliphatic carbocycles. The SMILES string of the molecule is Cc1cc(OC(C)C)c(Nc2ncc(Cl)c(Nc3ccccc3S(=O)(=O)C(C)C)n2)cc1-c1cc[nH]n1. The first-order valence-electron chi connectivity index (χ1n) is 11.8. The van der Waals surface area contributed by atoms with E-state index in [1.807, 2.05) is 39.0 Å². The molecule has 0 spiro atoms. The number of rotatable bonds is 9. The maximum atomic E-state index is 12.9. The predicted octanol–water partition coefficient (Wildman–Crippen LogP) is 6.29. The summed E-state index contributed by atoms with van der Waals surface area (Å²) in [5.41, 5.74) is 3.73. The first-order chi connectivity index (χ1) is 17.6. The average molecular weight is 541 g/mol. The molecule has 0 radical (unpaired) electrons. The van der Waals surface area contributed by atoms with Crippen molar-refractivity contribution in [3.8, 4) is 17.0 Å². The molecule has 2 heterocycles. The third kappa shape index (κ3) is 5.86. The number of nitrogens with zero attached hydrogens (tertiary/aromatic N) is 3. The lowest BCUT2D eigenvalue weighted by molar-refractivity contribution is 0.243. The van der Waals surface area contributed by atoms with Gasteiger partial charge in [0.15, 0.2) is 15.7 Å². The summed E-state index contributed by atoms with van der Waals surface area (Å²) in [6.45, 7) is 9.17. The van der Waals surface area contributed by atoms with Crippen LogP contribution in [-0.4, -0.2) is 39.9 Å². The zero-order valence-corrected chi connectivity index (χ0v) is 22.8. The number of sulfone groups is 1. The highest BCUT2D eigenvalue weighted by Crippen LogP contribution is 2.36. The van der Waals surface area contributed by atoms with Gasteiger partial charge in [-0.05, 0) is 70.5 Å². The van der Waals surface area contributed by atoms with Crippen LogP contribution in [0.1, 0.15) is 33.3 Å². The number of H-pyrrole nitrogens is 1. The van der Waals surface area contributed by atoms with Crippen molar-refractivity contribution in [2.24, 2.45) is 0 Å². The predicted molar refractivity (Wildman–Crippen MR) is 147 cm³/mol. The van der Waals surface area contributed by atoms with Crippen LogP contribution in [0.4, 0.5) is 23.1 Å². The fraction of sp³-hybridized carbons (Fsp3) is 0.269. The number of aromatic nitrogens is 4. The molecule has 2 aromatic heterocycles. The molecule has 0 amide bonds. The second-order valence-electron chi connectivity index (χ2n) is 9.02. The highest BCUT2D eigenvalue weighted by atomic mass is 35.5. The molecule has 194 valence electrons. The van der Waals surface area contributed by atoms with Gasteiger partial charge in [-0.15, -0.1) is 0 Å². The van der Waals surface area contributed by atoms with Crippen molar-refractivity contribution in [1.82, 2.24) is 20.2 Å². The average Bonchev–Trinajstić information content (AvgIpc) is 3.37. The number of hydrogen-bond donors (Lipinski definition) is 3. The lowest BCUT2D eigenvalue weighted by Crippen LogP contribution is -2.15. The molecule has 3 N–H and O–H groups in total. The summed E-state index contributed by atoms with van der Waals surface area (Å²) in [6.07, 6.45) is 3.15. The van der Waals surface area contributed by atoms with Gasteiger partial charge in [0, 0.05) is 11.8 Å². The van der Waals surface area contributed by atoms with E-state index in [0.29, 0.717) is 17.1 Å². The Kier molecular flexibility index (Phi) is 7.70. The van der Waals surface area contributed by atoms with Gasteiger partial charge in [0.25, 0.3) is 0 Å². The minimum absolute atomic E-state index is 0.0565. The summed E-state index contributed by atoms with van der Waals surface area (Å²) < 4.78 is 31.8. The number of anilines is 4. The highest BCUT2D eigenvalue weighted by molar-refractivity contribution is 7.92. The molecular weight excluding hydrogens is 512 g/mol. The van der Waals surface area contributed by atoms with Crippen LogP contribution in [0.2, 0.25) is 5.02 Å². The lowest BCUT2D eigenvalue weighted by atomic mass is 10.0. The Bertz CT molecular complexity index is 1500. The summed E-state index contributed by atoms with van der Waals surface area (Å²) in [4.78, 5) is 9.02. The van der Waals surface area contributed by atoms with E-state index in [0.717, 1.165) is 16.8 Å². The van der Waals surface area contributed by atoms with E-state index >= 15 is 0 Å². The number of hydrogen-bond acceptors (Lipinski definition) is 8. The van der Waals surface area contributed by atoms with Gasteiger partial charge in [0.05, 0.1) is 39.5 Å². The molecule has 0 saturated heterocycles. The quantitative estimate of drug-likeness (QED) is 0.226. The summed E-state index contributed by atoms with van der Waals surface area (Å²) >= 11 is 6.39. The van der Waals surface area contributed by atoms with Crippen LogP contribution in [0.15, 0.2) is 59.8 Å². The Balaban J connectivity index is 1.71. The molecule has 0 bridgehead atoms. The van der Waals surface area contributed by atoms with Crippen LogP contribution < -0.4 is 15.4 Å². The minimum atomic E-state index is -3.54. The fourth-order valence-corrected chi connectivity index (χ4v) is 4.99. The third-order valence-electron chi connectivity index (χ3n) is 5.52. The van der Waals surface area contributed by atoms with Crippen molar-refractivity contribution in [2.45, 2.75) is 50.9 Å². The fourth-order valence-electron chi connectivity index (χ4n) is 3.65. The second-order valence-corrected chi connectivity index (χ2v) is 11.9. The van der Waals surface area contributed by atoms with Crippen LogP contribution in [0.5, 0.6) is 5.75 Å². The molecule has 0 aliphatic heterocycles. The van der Waals surface area contributed by atoms with Crippen LogP contribution in [0.25, 0.3) is 11.3 Å². The number of ether oxygens (including phenoxy) is 1. The van der Waals surface area contributed by atoms with Gasteiger partial charge in [-0.3, -0.25) is 5.10 Å². The highest BCUT2D eigenvalue weighted by Gasteiger charge is 2.23. The number of aryl methyl sites for hydroxylation is 1. The third-order valence-corrected chi connectivity index (χ3v) is 8.01. The molecule has 0 aliphatic rings. The standard InChI is InChI=1S/C26H29ClN6O3S/c1-15(2)36-23-12-17(5)18(20-10-11-29-33-20)13-22(23)31-26-28-14-19(27)25(32-26)30-21-8-6-7-9-24(21)37(34,35)16(3)4/h6-16H,1-5H3,(H,29,33)(H2,28,30,31,32). The Morgan fingerprint density at radius 3 is 2.46 bits per heavy atom. The number of benzene rings is 2. The molecule has 0 atom stereocenters. The van der Waals surface area contributed by atoms with Gasteiger partial charge in [-0.2, -0.15) is 10.1 Å². The van der Waals surface area contributed by atoms with Crippen LogP contribution in [-0.2, 0) is 9.84 Å². The number of para-hydroxylation sites is 1. The number of aromatic amines is 1. The molecule has 2 aromatic carbocycles. The van der Waals surface area contributed by atoms with Gasteiger partial charge < -0.3 is 15.4 Å². The summed E-state index contributed by atoms with van der Waals surface area (Å²) in [6, 6.07) is 12.4. The Labute approximate surface area is 221 Å². The second kappa shape index (κ2) is 10.8. The van der Waals surface area contributed by atoms with Gasteiger partial charge in [0.1, 0.15) is 10.8 Å². The van der Waals surface area contributed by atoms with Crippen molar-refractivity contribution in [2.75, 3.05) is 10.6 Å². The summed E-state index contributed by atoms with van der Waals surface area (Å²) in [5.74, 6) is 1.14. The van der Waals surface area contributed by atoms with Crippen molar-refractivity contribution >= 4 is 44.6 Å². The molecule has 0 unspecified atom stereocenters. The Morgan fingerprint density at radius 1 is 1.03 bits per heavy atom. The van der Waals surface area contributed by atoms with Crippen molar-refractivity contribution in [3.05, 3.63) is 65.4 Å². The zero-order chi connectivity index (χ0) is 26.7. The molecular formula is C26H29ClN6O3S. The number of nitrogens with one attached hydrogen (secondary N) is 3. The number of halogens is 1. The van der Waals surface area contributed by atoms with Gasteiger partial charge in [-0.1, -0.05) is 23.7 Å². The Morgan fingerprint density at radius 2 is 1.78 bits per heavy atom. The van der Waals surface area contributed by atoms with Gasteiger partial charge in [0.2, 0.25) is 5.95 Å². The van der Waals surface area contributed by atoms with E-state index in [2.05, 4.69) is 30.8 Å². The molecule has 37 heavy (non-hydrogen) atoms. The van der Waals surface area contributed by atoms with E-state index in [9.17, 15) is 8.42 Å². The normalized spacial score (nSPS) is 11.7. The maximum absolute atomic E-state index is 12.9. The van der Waals surface area contributed by atoms with E-state index in [1.54, 1.807) is 44.3 Å². The zero-order valence-electron chi connectivity index (χ0n) is 21.2. The van der Waals surface area contributed by atoms with Crippen LogP contribution in [0, 0.1) is 6.92 Å². The summed E-state index contributed by atoms with van der Waals surface area (Å²) in [7, 11) is -3.54. The smallest absolute Gasteiger partial charge is 0.229 e. The van der Waals surface area contributed by atoms with Gasteiger partial charge >= 0.3 is 0 Å². The van der Waals surface area contributed by atoms with E-state index in [-0.39, 0.29) is 27.8 Å². The first-order valence-corrected chi connectivity index (χ1v) is 13.7. The lowest BCUT2D eigenvalue weighted by Gasteiger charge is -2.18. The molecule has 4 rings (SSSR count). The van der Waals surface area contributed by atoms with E-state index in [1.165, 1.54) is 6.20 Å². The van der Waals surface area contributed by atoms with Crippen molar-refractivity contribution < 1.29 is 13.2 Å². The van der Waals surface area contributed by atoms with Crippen LogP contribution in [0.3, 0.4) is 0 Å². The topological polar surface area (TPSA) is 122 Å². The Hall–Kier alpha value is -3.63. The van der Waals surface area contributed by atoms with E-state index < -0.39 is 15.1 Å². The monoisotopic (exact) mass is 540 g/mol. The first kappa shape index (κ1) is 26.4.